The summed E-state index contributed by atoms with van der Waals surface area (Å²) in [6.07, 6.45) is 3.46. The van der Waals surface area contributed by atoms with E-state index in [1.807, 2.05) is 6.07 Å². The highest BCUT2D eigenvalue weighted by Crippen LogP contribution is 2.43. The molecule has 0 fully saturated rings. The van der Waals surface area contributed by atoms with E-state index in [2.05, 4.69) is 57.0 Å². The summed E-state index contributed by atoms with van der Waals surface area (Å²) in [4.78, 5) is 4.38. The lowest BCUT2D eigenvalue weighted by atomic mass is 10.3. The normalized spacial score (nSPS) is 13.1. The molecule has 2 rings (SSSR count). The summed E-state index contributed by atoms with van der Waals surface area (Å²) in [5.74, 6) is -0.263. The first-order valence-corrected chi connectivity index (χ1v) is 9.62. The molecule has 0 amide bonds. The quantitative estimate of drug-likeness (QED) is 0.708. The summed E-state index contributed by atoms with van der Waals surface area (Å²) >= 11 is 0. The average molecular weight is 292 g/mol. The molecule has 110 valence electrons. The fraction of sp³-hybridized carbons (Fsp3) is 0.562. The van der Waals surface area contributed by atoms with Crippen molar-refractivity contribution >= 4 is 19.3 Å². The zero-order valence-corrected chi connectivity index (χ0v) is 14.3. The van der Waals surface area contributed by atoms with Gasteiger partial charge in [0.15, 0.2) is 8.24 Å². The molecule has 0 aliphatic rings. The number of fused-ring (bicyclic) bond motifs is 1. The zero-order chi connectivity index (χ0) is 15.1. The summed E-state index contributed by atoms with van der Waals surface area (Å²) in [5, 5.41) is 0.906. The first-order chi connectivity index (χ1) is 9.31. The Hall–Kier alpha value is -1.16. The van der Waals surface area contributed by atoms with Gasteiger partial charge in [-0.15, -0.1) is 0 Å². The lowest BCUT2D eigenvalue weighted by Crippen LogP contribution is -2.51. The van der Waals surface area contributed by atoms with E-state index in [0.29, 0.717) is 16.6 Å². The Bertz CT molecular complexity index is 580. The summed E-state index contributed by atoms with van der Waals surface area (Å²) in [7, 11) is -1.80. The third-order valence-electron chi connectivity index (χ3n) is 4.68. The summed E-state index contributed by atoms with van der Waals surface area (Å²) in [6, 6.07) is 3.58. The second-order valence-corrected chi connectivity index (χ2v) is 12.3. The number of halogens is 1. The van der Waals surface area contributed by atoms with Crippen molar-refractivity contribution in [2.75, 3.05) is 0 Å². The number of rotatable bonds is 4. The van der Waals surface area contributed by atoms with Crippen LogP contribution >= 0.6 is 0 Å². The topological polar surface area (TPSA) is 17.8 Å². The Balaban J connectivity index is 2.75. The molecule has 0 saturated heterocycles. The van der Waals surface area contributed by atoms with Crippen LogP contribution in [0, 0.1) is 5.82 Å². The molecule has 0 aromatic carbocycles. The molecule has 0 aliphatic carbocycles. The van der Waals surface area contributed by atoms with Crippen molar-refractivity contribution in [1.29, 1.82) is 0 Å². The van der Waals surface area contributed by atoms with E-state index in [1.165, 1.54) is 6.20 Å². The minimum absolute atomic E-state index is 0.263. The lowest BCUT2D eigenvalue weighted by Gasteiger charge is -2.44. The summed E-state index contributed by atoms with van der Waals surface area (Å²) in [5.41, 5.74) is 2.74. The predicted octanol–water partition coefficient (Wildman–Crippen LogP) is 5.20. The Morgan fingerprint density at radius 1 is 1.05 bits per heavy atom. The van der Waals surface area contributed by atoms with Crippen LogP contribution in [0.3, 0.4) is 0 Å². The summed E-state index contributed by atoms with van der Waals surface area (Å²) < 4.78 is 15.8. The van der Waals surface area contributed by atoms with Crippen LogP contribution in [0.15, 0.2) is 24.5 Å². The molecule has 2 heterocycles. The van der Waals surface area contributed by atoms with Gasteiger partial charge in [-0.1, -0.05) is 41.5 Å². The zero-order valence-electron chi connectivity index (χ0n) is 13.3. The van der Waals surface area contributed by atoms with Gasteiger partial charge in [-0.2, -0.15) is 0 Å². The van der Waals surface area contributed by atoms with Crippen molar-refractivity contribution in [3.8, 4) is 0 Å². The molecular weight excluding hydrogens is 267 g/mol. The van der Waals surface area contributed by atoms with Gasteiger partial charge in [0.1, 0.15) is 11.5 Å². The van der Waals surface area contributed by atoms with Gasteiger partial charge in [0.2, 0.25) is 0 Å². The third-order valence-corrected chi connectivity index (χ3v) is 11.4. The van der Waals surface area contributed by atoms with Crippen LogP contribution in [0.4, 0.5) is 4.39 Å². The van der Waals surface area contributed by atoms with Crippen LogP contribution in [0.1, 0.15) is 41.5 Å². The molecule has 2 aromatic rings. The fourth-order valence-electron chi connectivity index (χ4n) is 4.14. The molecule has 0 N–H and O–H groups in total. The van der Waals surface area contributed by atoms with Gasteiger partial charge in [0.25, 0.3) is 0 Å². The van der Waals surface area contributed by atoms with Gasteiger partial charge < -0.3 is 4.23 Å². The van der Waals surface area contributed by atoms with Crippen LogP contribution in [0.25, 0.3) is 11.0 Å². The lowest BCUT2D eigenvalue weighted by molar-refractivity contribution is 0.624. The second-order valence-electron chi connectivity index (χ2n) is 6.60. The molecule has 2 aromatic heterocycles. The van der Waals surface area contributed by atoms with Crippen LogP contribution in [-0.2, 0) is 0 Å². The number of pyridine rings is 1. The largest absolute Gasteiger partial charge is 0.359 e. The van der Waals surface area contributed by atoms with E-state index >= 15 is 0 Å². The van der Waals surface area contributed by atoms with Crippen molar-refractivity contribution in [2.24, 2.45) is 0 Å². The van der Waals surface area contributed by atoms with E-state index in [-0.39, 0.29) is 5.82 Å². The number of nitrogens with zero attached hydrogens (tertiary/aromatic N) is 2. The minimum Gasteiger partial charge on any atom is -0.359 e. The highest BCUT2D eigenvalue weighted by atomic mass is 28.3. The molecule has 0 radical (unpaired) electrons. The third kappa shape index (κ3) is 2.10. The molecule has 0 bridgehead atoms. The smallest absolute Gasteiger partial charge is 0.171 e. The molecule has 0 aliphatic heterocycles. The Kier molecular flexibility index (Phi) is 4.05. The molecule has 0 spiro atoms. The minimum atomic E-state index is -1.80. The number of hydrogen-bond donors (Lipinski definition) is 0. The maximum Gasteiger partial charge on any atom is 0.171 e. The molecule has 2 nitrogen and oxygen atoms in total. The first kappa shape index (κ1) is 15.2. The number of hydrogen-bond acceptors (Lipinski definition) is 1. The SMILES string of the molecule is CC(C)[Si](C(C)C)(C(C)C)n1ccc2cc(F)cnc21. The highest BCUT2D eigenvalue weighted by Gasteiger charge is 2.45. The Morgan fingerprint density at radius 2 is 1.60 bits per heavy atom. The predicted molar refractivity (Wildman–Crippen MR) is 86.1 cm³/mol. The van der Waals surface area contributed by atoms with Gasteiger partial charge in [-0.05, 0) is 35.0 Å². The van der Waals surface area contributed by atoms with E-state index < -0.39 is 8.24 Å². The van der Waals surface area contributed by atoms with E-state index in [1.54, 1.807) is 6.07 Å². The van der Waals surface area contributed by atoms with Gasteiger partial charge in [0, 0.05) is 5.39 Å². The maximum atomic E-state index is 13.4. The van der Waals surface area contributed by atoms with Crippen molar-refractivity contribution < 1.29 is 4.39 Å². The Labute approximate surface area is 122 Å². The second kappa shape index (κ2) is 5.32. The van der Waals surface area contributed by atoms with Gasteiger partial charge in [-0.3, -0.25) is 0 Å². The molecule has 4 heteroatoms. The Morgan fingerprint density at radius 3 is 2.10 bits per heavy atom. The molecule has 0 saturated carbocycles. The van der Waals surface area contributed by atoms with Gasteiger partial charge in [0.05, 0.1) is 6.20 Å². The van der Waals surface area contributed by atoms with Crippen LogP contribution in [0.2, 0.25) is 16.6 Å². The van der Waals surface area contributed by atoms with Crippen LogP contribution in [0.5, 0.6) is 0 Å². The fourth-order valence-corrected chi connectivity index (χ4v) is 10.7. The van der Waals surface area contributed by atoms with Gasteiger partial charge in [-0.25, -0.2) is 9.37 Å². The van der Waals surface area contributed by atoms with Gasteiger partial charge >= 0.3 is 0 Å². The van der Waals surface area contributed by atoms with Crippen LogP contribution < -0.4 is 0 Å². The first-order valence-electron chi connectivity index (χ1n) is 7.44. The monoisotopic (exact) mass is 292 g/mol. The van der Waals surface area contributed by atoms with Crippen molar-refractivity contribution in [2.45, 2.75) is 58.2 Å². The summed E-state index contributed by atoms with van der Waals surface area (Å²) in [6.45, 7) is 13.9. The van der Waals surface area contributed by atoms with Crippen LogP contribution in [-0.4, -0.2) is 17.5 Å². The number of aromatic nitrogens is 2. The highest BCUT2D eigenvalue weighted by molar-refractivity contribution is 6.82. The van der Waals surface area contributed by atoms with Crippen molar-refractivity contribution in [3.05, 3.63) is 30.3 Å². The molecular formula is C16H25FN2Si. The molecule has 0 unspecified atom stereocenters. The standard InChI is InChI=1S/C16H25FN2Si/c1-11(2)20(12(3)4,13(5)6)19-8-7-14-9-15(17)10-18-16(14)19/h7-13H,1-6H3. The van der Waals surface area contributed by atoms with E-state index in [9.17, 15) is 4.39 Å². The average Bonchev–Trinajstić information content (AvgIpc) is 2.72. The van der Waals surface area contributed by atoms with Crippen molar-refractivity contribution in [3.63, 3.8) is 0 Å². The molecule has 20 heavy (non-hydrogen) atoms. The van der Waals surface area contributed by atoms with E-state index in [0.717, 1.165) is 11.0 Å². The van der Waals surface area contributed by atoms with Crippen molar-refractivity contribution in [1.82, 2.24) is 9.22 Å². The maximum absolute atomic E-state index is 13.4. The molecule has 0 atom stereocenters. The van der Waals surface area contributed by atoms with E-state index in [4.69, 9.17) is 0 Å².